The predicted octanol–water partition coefficient (Wildman–Crippen LogP) is 4.44. The number of anilines is 2. The molecule has 0 atom stereocenters. The molecule has 2 aliphatic heterocycles. The minimum absolute atomic E-state index is 0.0289. The third kappa shape index (κ3) is 5.45. The highest BCUT2D eigenvalue weighted by atomic mass is 32.2. The Morgan fingerprint density at radius 1 is 1.07 bits per heavy atom. The number of aromatic nitrogens is 1. The fraction of sp³-hybridized carbons (Fsp3) is 0.267. The monoisotopic (exact) mass is 589 g/mol. The first-order chi connectivity index (χ1) is 19.7. The molecule has 0 unspecified atom stereocenters. The Kier molecular flexibility index (Phi) is 8.15. The zero-order valence-electron chi connectivity index (χ0n) is 22.9. The summed E-state index contributed by atoms with van der Waals surface area (Å²) in [5.41, 5.74) is 2.19. The molecular formula is C30H28FN5O3S2. The van der Waals surface area contributed by atoms with Crippen LogP contribution in [0.5, 0.6) is 5.75 Å². The number of carbonyl (C=O) groups is 1. The second kappa shape index (κ2) is 11.8. The quantitative estimate of drug-likeness (QED) is 0.309. The van der Waals surface area contributed by atoms with Gasteiger partial charge in [-0.3, -0.25) is 19.1 Å². The first-order valence-corrected chi connectivity index (χ1v) is 14.2. The van der Waals surface area contributed by atoms with Crippen LogP contribution in [0.4, 0.5) is 15.9 Å². The molecule has 3 heterocycles. The molecule has 2 saturated heterocycles. The molecule has 5 rings (SSSR count). The molecule has 210 valence electrons. The highest BCUT2D eigenvalue weighted by Crippen LogP contribution is 2.37. The van der Waals surface area contributed by atoms with E-state index in [2.05, 4.69) is 4.90 Å². The van der Waals surface area contributed by atoms with Crippen LogP contribution in [0.15, 0.2) is 58.2 Å². The molecule has 41 heavy (non-hydrogen) atoms. The van der Waals surface area contributed by atoms with Crippen molar-refractivity contribution in [3.63, 3.8) is 0 Å². The molecule has 0 N–H and O–H groups in total. The van der Waals surface area contributed by atoms with Gasteiger partial charge in [0.05, 0.1) is 24.2 Å². The number of ether oxygens (including phenoxy) is 1. The molecular weight excluding hydrogens is 561 g/mol. The molecule has 0 radical (unpaired) electrons. The first-order valence-electron chi connectivity index (χ1n) is 13.0. The van der Waals surface area contributed by atoms with Crippen molar-refractivity contribution in [3.8, 4) is 11.8 Å². The highest BCUT2D eigenvalue weighted by Gasteiger charge is 2.33. The molecule has 2 aromatic carbocycles. The third-order valence-corrected chi connectivity index (χ3v) is 8.77. The summed E-state index contributed by atoms with van der Waals surface area (Å²) < 4.78 is 21.5. The van der Waals surface area contributed by atoms with Gasteiger partial charge in [-0.05, 0) is 48.4 Å². The number of para-hydroxylation sites is 1. The van der Waals surface area contributed by atoms with E-state index < -0.39 is 5.56 Å². The van der Waals surface area contributed by atoms with Crippen LogP contribution in [0.1, 0.15) is 22.3 Å². The molecule has 3 aromatic rings. The summed E-state index contributed by atoms with van der Waals surface area (Å²) in [6.45, 7) is 4.16. The van der Waals surface area contributed by atoms with E-state index >= 15 is 0 Å². The molecule has 11 heteroatoms. The van der Waals surface area contributed by atoms with Crippen LogP contribution in [0.2, 0.25) is 0 Å². The number of piperazine rings is 1. The second-order valence-electron chi connectivity index (χ2n) is 9.75. The lowest BCUT2D eigenvalue weighted by molar-refractivity contribution is -0.122. The summed E-state index contributed by atoms with van der Waals surface area (Å²) in [5, 5.41) is 9.78. The van der Waals surface area contributed by atoms with E-state index in [-0.39, 0.29) is 17.3 Å². The van der Waals surface area contributed by atoms with Crippen molar-refractivity contribution < 1.29 is 13.9 Å². The number of amides is 1. The van der Waals surface area contributed by atoms with Crippen LogP contribution in [0.25, 0.3) is 6.08 Å². The molecule has 8 nitrogen and oxygen atoms in total. The summed E-state index contributed by atoms with van der Waals surface area (Å²) in [4.78, 5) is 32.7. The zero-order valence-corrected chi connectivity index (χ0v) is 24.5. The smallest absolute Gasteiger partial charge is 0.270 e. The van der Waals surface area contributed by atoms with E-state index in [1.807, 2.05) is 35.2 Å². The van der Waals surface area contributed by atoms with Crippen LogP contribution in [-0.4, -0.2) is 53.0 Å². The number of thiocarbonyl (C=S) groups is 1. The van der Waals surface area contributed by atoms with Gasteiger partial charge < -0.3 is 14.5 Å². The number of pyridine rings is 1. The molecule has 0 aliphatic carbocycles. The number of carbonyl (C=O) groups excluding carboxylic acids is 1. The van der Waals surface area contributed by atoms with Crippen molar-refractivity contribution in [1.29, 1.82) is 5.26 Å². The van der Waals surface area contributed by atoms with E-state index in [1.54, 1.807) is 50.3 Å². The van der Waals surface area contributed by atoms with Gasteiger partial charge in [0.15, 0.2) is 0 Å². The average Bonchev–Trinajstić information content (AvgIpc) is 3.24. The minimum atomic E-state index is -0.402. The van der Waals surface area contributed by atoms with Crippen LogP contribution in [0.3, 0.4) is 0 Å². The fourth-order valence-corrected chi connectivity index (χ4v) is 6.38. The molecule has 0 spiro atoms. The number of rotatable bonds is 6. The molecule has 0 saturated carbocycles. The predicted molar refractivity (Wildman–Crippen MR) is 164 cm³/mol. The lowest BCUT2D eigenvalue weighted by atomic mass is 10.0. The Bertz CT molecular complexity index is 1650. The third-order valence-electron chi connectivity index (χ3n) is 7.39. The molecule has 0 bridgehead atoms. The van der Waals surface area contributed by atoms with E-state index in [4.69, 9.17) is 17.0 Å². The highest BCUT2D eigenvalue weighted by molar-refractivity contribution is 8.26. The van der Waals surface area contributed by atoms with Crippen molar-refractivity contribution in [2.45, 2.75) is 13.5 Å². The van der Waals surface area contributed by atoms with Gasteiger partial charge in [0.2, 0.25) is 0 Å². The molecule has 1 aromatic heterocycles. The largest absolute Gasteiger partial charge is 0.497 e. The number of hydrogen-bond acceptors (Lipinski definition) is 8. The first kappa shape index (κ1) is 28.4. The Balaban J connectivity index is 1.47. The van der Waals surface area contributed by atoms with Crippen LogP contribution in [0, 0.1) is 24.1 Å². The summed E-state index contributed by atoms with van der Waals surface area (Å²) in [6.07, 6.45) is 1.74. The summed E-state index contributed by atoms with van der Waals surface area (Å²) in [7, 11) is 3.23. The van der Waals surface area contributed by atoms with Gasteiger partial charge in [-0.25, -0.2) is 4.39 Å². The van der Waals surface area contributed by atoms with Gasteiger partial charge in [0.25, 0.3) is 11.5 Å². The SMILES string of the molecule is COc1ccc(CN2C(=O)/C(=C/c3c(C)c(C#N)c(=O)n(C)c3N3CCN(c4ccccc4F)CC3)SC2=S)cc1. The Hall–Kier alpha value is -4.14. The normalized spacial score (nSPS) is 16.5. The topological polar surface area (TPSA) is 81.8 Å². The Morgan fingerprint density at radius 2 is 1.73 bits per heavy atom. The van der Waals surface area contributed by atoms with Crippen molar-refractivity contribution >= 4 is 51.8 Å². The van der Waals surface area contributed by atoms with Gasteiger partial charge in [-0.15, -0.1) is 0 Å². The minimum Gasteiger partial charge on any atom is -0.497 e. The van der Waals surface area contributed by atoms with Crippen LogP contribution < -0.4 is 20.1 Å². The van der Waals surface area contributed by atoms with E-state index in [0.717, 1.165) is 11.3 Å². The van der Waals surface area contributed by atoms with E-state index in [9.17, 15) is 19.2 Å². The van der Waals surface area contributed by atoms with E-state index in [0.29, 0.717) is 64.6 Å². The van der Waals surface area contributed by atoms with Gasteiger partial charge in [-0.2, -0.15) is 5.26 Å². The Labute approximate surface area is 247 Å². The number of nitriles is 1. The fourth-order valence-electron chi connectivity index (χ4n) is 5.14. The van der Waals surface area contributed by atoms with Crippen LogP contribution in [-0.2, 0) is 18.4 Å². The van der Waals surface area contributed by atoms with Crippen molar-refractivity contribution in [2.24, 2.45) is 7.05 Å². The van der Waals surface area contributed by atoms with Gasteiger partial charge >= 0.3 is 0 Å². The van der Waals surface area contributed by atoms with Gasteiger partial charge in [0.1, 0.15) is 33.3 Å². The summed E-state index contributed by atoms with van der Waals surface area (Å²) in [5.74, 6) is 0.817. The number of nitrogens with zero attached hydrogens (tertiary/aromatic N) is 5. The van der Waals surface area contributed by atoms with Crippen molar-refractivity contribution in [3.05, 3.63) is 91.9 Å². The lowest BCUT2D eigenvalue weighted by Crippen LogP contribution is -2.48. The van der Waals surface area contributed by atoms with Gasteiger partial charge in [0, 0.05) is 38.8 Å². The maximum absolute atomic E-state index is 14.4. The number of methoxy groups -OCH3 is 1. The lowest BCUT2D eigenvalue weighted by Gasteiger charge is -2.38. The zero-order chi connectivity index (χ0) is 29.3. The standard InChI is InChI=1S/C30H28FN5O3S2/c1-19-22(16-26-29(38)36(30(40)41-26)18-20-8-10-21(39-3)11-9-20)27(33(2)28(37)23(19)17-32)35-14-12-34(13-15-35)25-7-5-4-6-24(25)31/h4-11,16H,12-15,18H2,1-3H3/b26-16-. The number of benzene rings is 2. The second-order valence-corrected chi connectivity index (χ2v) is 11.4. The number of thioether (sulfide) groups is 1. The maximum Gasteiger partial charge on any atom is 0.270 e. The average molecular weight is 590 g/mol. The van der Waals surface area contributed by atoms with Crippen molar-refractivity contribution in [1.82, 2.24) is 9.47 Å². The summed E-state index contributed by atoms with van der Waals surface area (Å²) >= 11 is 6.76. The van der Waals surface area contributed by atoms with Crippen LogP contribution >= 0.6 is 24.0 Å². The Morgan fingerprint density at radius 3 is 2.37 bits per heavy atom. The summed E-state index contributed by atoms with van der Waals surface area (Å²) in [6, 6.07) is 16.1. The maximum atomic E-state index is 14.4. The van der Waals surface area contributed by atoms with E-state index in [1.165, 1.54) is 22.4 Å². The van der Waals surface area contributed by atoms with Crippen molar-refractivity contribution in [2.75, 3.05) is 43.1 Å². The number of hydrogen-bond donors (Lipinski definition) is 0. The molecule has 2 fully saturated rings. The number of halogens is 1. The molecule has 1 amide bonds. The molecule has 2 aliphatic rings. The van der Waals surface area contributed by atoms with Gasteiger partial charge in [-0.1, -0.05) is 48.2 Å².